The van der Waals surface area contributed by atoms with Crippen molar-refractivity contribution < 1.29 is 33.0 Å². The third kappa shape index (κ3) is 7.61. The van der Waals surface area contributed by atoms with Gasteiger partial charge in [0.15, 0.2) is 5.78 Å². The van der Waals surface area contributed by atoms with Gasteiger partial charge in [0.25, 0.3) is 5.19 Å². The van der Waals surface area contributed by atoms with Gasteiger partial charge in [0, 0.05) is 24.4 Å². The van der Waals surface area contributed by atoms with Crippen LogP contribution in [0.25, 0.3) is 6.08 Å². The number of benzene rings is 1. The van der Waals surface area contributed by atoms with E-state index in [9.17, 15) is 23.9 Å². The van der Waals surface area contributed by atoms with E-state index in [0.29, 0.717) is 23.5 Å². The Labute approximate surface area is 215 Å². The molecule has 2 aromatic heterocycles. The lowest BCUT2D eigenvalue weighted by atomic mass is 10.00. The van der Waals surface area contributed by atoms with E-state index in [1.54, 1.807) is 13.0 Å². The molecule has 9 nitrogen and oxygen atoms in total. The highest BCUT2D eigenvalue weighted by atomic mass is 32.1. The number of nitrogens with zero attached hydrogens (tertiary/aromatic N) is 1. The first-order valence-corrected chi connectivity index (χ1v) is 12.0. The molecule has 0 aliphatic heterocycles. The maximum Gasteiger partial charge on any atom is 0.410 e. The van der Waals surface area contributed by atoms with E-state index in [4.69, 9.17) is 9.15 Å². The normalized spacial score (nSPS) is 12.4. The van der Waals surface area contributed by atoms with Gasteiger partial charge < -0.3 is 19.0 Å². The van der Waals surface area contributed by atoms with Crippen molar-refractivity contribution in [1.29, 1.82) is 0 Å². The Hall–Kier alpha value is -4.25. The summed E-state index contributed by atoms with van der Waals surface area (Å²) in [4.78, 5) is 41.2. The molecule has 3 rings (SSSR count). The topological polar surface area (TPSA) is 128 Å². The first kappa shape index (κ1) is 27.3. The Bertz CT molecular complexity index is 1380. The number of methoxy groups -OCH3 is 1. The van der Waals surface area contributed by atoms with E-state index >= 15 is 0 Å². The number of ketones is 1. The van der Waals surface area contributed by atoms with E-state index < -0.39 is 28.8 Å². The molecular formula is C26H25FN2O7S. The number of nitrogens with one attached hydrogen (secondary N) is 1. The molecule has 2 heterocycles. The lowest BCUT2D eigenvalue weighted by Crippen LogP contribution is -2.16. The summed E-state index contributed by atoms with van der Waals surface area (Å²) in [5.41, 5.74) is -1.21. The van der Waals surface area contributed by atoms with Crippen LogP contribution in [-0.4, -0.2) is 29.1 Å². The zero-order valence-electron chi connectivity index (χ0n) is 20.3. The second-order valence-electron chi connectivity index (χ2n) is 7.95. The number of hydrogen-bond donors (Lipinski definition) is 2. The van der Waals surface area contributed by atoms with Gasteiger partial charge in [-0.3, -0.25) is 10.1 Å². The molecular weight excluding hydrogens is 503 g/mol. The maximum atomic E-state index is 13.0. The number of allylic oxidation sites excluding steroid dienone is 2. The van der Waals surface area contributed by atoms with Crippen LogP contribution >= 0.6 is 11.3 Å². The number of aromatic hydroxyl groups is 1. The van der Waals surface area contributed by atoms with Gasteiger partial charge in [-0.05, 0) is 55.7 Å². The number of hydrogen-bond acceptors (Lipinski definition) is 9. The molecule has 1 aromatic carbocycles. The standard InChI is InChI=1S/C26H25FN2O7S/c1-15(6-4-5-11-28-25(33)34-3)21-13-20(30)22(24(32)36-21)23(31)16(2)12-19-14-29-26(37-19)35-18-9-7-17(27)8-10-18/h5,7-15,30H,4,6H2,1-3H3,(H,28,33)/b11-5+,16-12+. The van der Waals surface area contributed by atoms with Gasteiger partial charge >= 0.3 is 11.7 Å². The molecule has 0 saturated heterocycles. The van der Waals surface area contributed by atoms with Gasteiger partial charge in [-0.15, -0.1) is 0 Å². The Kier molecular flexibility index (Phi) is 9.33. The van der Waals surface area contributed by atoms with Crippen molar-refractivity contribution in [2.24, 2.45) is 0 Å². The Morgan fingerprint density at radius 1 is 1.30 bits per heavy atom. The summed E-state index contributed by atoms with van der Waals surface area (Å²) in [6, 6.07) is 6.72. The molecule has 194 valence electrons. The number of aromatic nitrogens is 1. The second kappa shape index (κ2) is 12.6. The lowest BCUT2D eigenvalue weighted by molar-refractivity contribution is 0.102. The van der Waals surface area contributed by atoms with Crippen LogP contribution in [0.15, 0.2) is 63.6 Å². The molecule has 0 spiro atoms. The predicted octanol–water partition coefficient (Wildman–Crippen LogP) is 5.77. The Balaban J connectivity index is 1.67. The van der Waals surface area contributed by atoms with Gasteiger partial charge in [-0.25, -0.2) is 19.0 Å². The third-order valence-electron chi connectivity index (χ3n) is 5.17. The maximum absolute atomic E-state index is 13.0. The zero-order chi connectivity index (χ0) is 26.9. The molecule has 3 aromatic rings. The summed E-state index contributed by atoms with van der Waals surface area (Å²) in [5, 5.41) is 13.1. The highest BCUT2D eigenvalue weighted by molar-refractivity contribution is 7.14. The fourth-order valence-corrected chi connectivity index (χ4v) is 3.96. The number of halogens is 1. The molecule has 0 radical (unpaired) electrons. The highest BCUT2D eigenvalue weighted by Gasteiger charge is 2.22. The average Bonchev–Trinajstić information content (AvgIpc) is 3.30. The van der Waals surface area contributed by atoms with E-state index in [-0.39, 0.29) is 28.3 Å². The van der Waals surface area contributed by atoms with Crippen molar-refractivity contribution in [1.82, 2.24) is 10.3 Å². The van der Waals surface area contributed by atoms with Gasteiger partial charge in [0.1, 0.15) is 28.6 Å². The number of amides is 1. The quantitative estimate of drug-likeness (QED) is 0.251. The van der Waals surface area contributed by atoms with E-state index in [1.807, 2.05) is 0 Å². The van der Waals surface area contributed by atoms with Crippen LogP contribution in [0.1, 0.15) is 53.6 Å². The number of Topliss-reactive ketones (excluding diaryl/α,β-unsaturated/α-hetero) is 1. The largest absolute Gasteiger partial charge is 0.507 e. The summed E-state index contributed by atoms with van der Waals surface area (Å²) in [6.07, 6.45) is 6.70. The van der Waals surface area contributed by atoms with E-state index in [1.165, 1.54) is 62.8 Å². The van der Waals surface area contributed by atoms with E-state index in [0.717, 1.165) is 11.3 Å². The summed E-state index contributed by atoms with van der Waals surface area (Å²) in [5.74, 6) is -1.13. The minimum Gasteiger partial charge on any atom is -0.507 e. The van der Waals surface area contributed by atoms with Crippen molar-refractivity contribution >= 4 is 29.3 Å². The van der Waals surface area contributed by atoms with Crippen LogP contribution in [-0.2, 0) is 4.74 Å². The van der Waals surface area contributed by atoms with Crippen LogP contribution in [0.4, 0.5) is 9.18 Å². The number of alkyl carbamates (subject to hydrolysis) is 1. The van der Waals surface area contributed by atoms with Crippen molar-refractivity contribution in [3.05, 3.63) is 86.8 Å². The number of thiazole rings is 1. The van der Waals surface area contributed by atoms with Gasteiger partial charge in [0.05, 0.1) is 12.0 Å². The minimum absolute atomic E-state index is 0.184. The van der Waals surface area contributed by atoms with Crippen molar-refractivity contribution in [3.63, 3.8) is 0 Å². The third-order valence-corrected chi connectivity index (χ3v) is 5.99. The molecule has 37 heavy (non-hydrogen) atoms. The van der Waals surface area contributed by atoms with Crippen LogP contribution in [0.5, 0.6) is 16.7 Å². The zero-order valence-corrected chi connectivity index (χ0v) is 21.1. The summed E-state index contributed by atoms with van der Waals surface area (Å²) in [7, 11) is 1.26. The first-order chi connectivity index (χ1) is 17.7. The molecule has 1 amide bonds. The minimum atomic E-state index is -0.938. The predicted molar refractivity (Wildman–Crippen MR) is 136 cm³/mol. The average molecular weight is 529 g/mol. The van der Waals surface area contributed by atoms with Crippen molar-refractivity contribution in [2.45, 2.75) is 32.6 Å². The Morgan fingerprint density at radius 2 is 2.03 bits per heavy atom. The molecule has 0 aliphatic rings. The summed E-state index contributed by atoms with van der Waals surface area (Å²) < 4.78 is 28.4. The number of ether oxygens (including phenoxy) is 2. The summed E-state index contributed by atoms with van der Waals surface area (Å²) >= 11 is 1.15. The fourth-order valence-electron chi connectivity index (χ4n) is 3.17. The van der Waals surface area contributed by atoms with Crippen LogP contribution in [0, 0.1) is 5.82 Å². The van der Waals surface area contributed by atoms with Crippen molar-refractivity contribution in [3.8, 4) is 16.7 Å². The van der Waals surface area contributed by atoms with Crippen LogP contribution in [0.2, 0.25) is 0 Å². The van der Waals surface area contributed by atoms with Crippen LogP contribution < -0.4 is 15.7 Å². The first-order valence-electron chi connectivity index (χ1n) is 11.2. The van der Waals surface area contributed by atoms with Gasteiger partial charge in [-0.1, -0.05) is 24.3 Å². The molecule has 2 N–H and O–H groups in total. The molecule has 0 fully saturated rings. The molecule has 0 bridgehead atoms. The number of carbonyl (C=O) groups excluding carboxylic acids is 2. The van der Waals surface area contributed by atoms with E-state index in [2.05, 4.69) is 15.0 Å². The molecule has 0 aliphatic carbocycles. The second-order valence-corrected chi connectivity index (χ2v) is 8.98. The monoisotopic (exact) mass is 528 g/mol. The summed E-state index contributed by atoms with van der Waals surface area (Å²) in [6.45, 7) is 3.31. The van der Waals surface area contributed by atoms with Gasteiger partial charge in [0.2, 0.25) is 0 Å². The Morgan fingerprint density at radius 3 is 2.70 bits per heavy atom. The van der Waals surface area contributed by atoms with Crippen molar-refractivity contribution in [2.75, 3.05) is 7.11 Å². The molecule has 1 atom stereocenters. The van der Waals surface area contributed by atoms with Gasteiger partial charge in [-0.2, -0.15) is 0 Å². The molecule has 0 saturated carbocycles. The van der Waals surface area contributed by atoms with Crippen LogP contribution in [0.3, 0.4) is 0 Å². The molecule has 11 heteroatoms. The fraction of sp³-hybridized carbons (Fsp3) is 0.231. The number of rotatable bonds is 10. The molecule has 1 unspecified atom stereocenters. The lowest BCUT2D eigenvalue weighted by Gasteiger charge is -2.11. The smallest absolute Gasteiger partial charge is 0.410 e. The number of carbonyl (C=O) groups is 2. The SMILES string of the molecule is COC(=O)N/C=C/CCC(C)c1cc(O)c(C(=O)/C(C)=C/c2cnc(Oc3ccc(F)cc3)s2)c(=O)o1. The highest BCUT2D eigenvalue weighted by Crippen LogP contribution is 2.29.